The van der Waals surface area contributed by atoms with Crippen LogP contribution in [0.25, 0.3) is 5.69 Å². The van der Waals surface area contributed by atoms with Crippen molar-refractivity contribution in [2.75, 3.05) is 6.54 Å². The molecule has 0 atom stereocenters. The summed E-state index contributed by atoms with van der Waals surface area (Å²) in [7, 11) is 0. The molecule has 0 aliphatic rings. The smallest absolute Gasteiger partial charge is 0.0691 e. The normalized spacial score (nSPS) is 10.8. The number of nitrogens with zero attached hydrogens (tertiary/aromatic N) is 2. The summed E-state index contributed by atoms with van der Waals surface area (Å²) in [5.74, 6) is 0. The lowest BCUT2D eigenvalue weighted by Gasteiger charge is -2.11. The zero-order valence-corrected chi connectivity index (χ0v) is 13.3. The molecule has 1 aromatic heterocycles. The summed E-state index contributed by atoms with van der Waals surface area (Å²) in [6, 6.07) is 6.24. The Morgan fingerprint density at radius 2 is 2.11 bits per heavy atom. The van der Waals surface area contributed by atoms with Gasteiger partial charge in [-0.1, -0.05) is 22.9 Å². The number of halogens is 2. The SMILES string of the molecule is CCCNCc1cc(Br)ccc1-n1cc(Br)cn1. The van der Waals surface area contributed by atoms with E-state index >= 15 is 0 Å². The molecule has 1 N–H and O–H groups in total. The van der Waals surface area contributed by atoms with Gasteiger partial charge < -0.3 is 5.32 Å². The van der Waals surface area contributed by atoms with Gasteiger partial charge in [0, 0.05) is 17.2 Å². The van der Waals surface area contributed by atoms with E-state index in [4.69, 9.17) is 0 Å². The lowest BCUT2D eigenvalue weighted by atomic mass is 10.2. The van der Waals surface area contributed by atoms with Crippen molar-refractivity contribution in [3.05, 3.63) is 45.1 Å². The Hall–Kier alpha value is -0.650. The maximum atomic E-state index is 4.33. The molecule has 0 saturated heterocycles. The quantitative estimate of drug-likeness (QED) is 0.806. The molecule has 0 amide bonds. The molecular formula is C13H15Br2N3. The van der Waals surface area contributed by atoms with Crippen LogP contribution in [0.4, 0.5) is 0 Å². The highest BCUT2D eigenvalue weighted by molar-refractivity contribution is 9.10. The number of nitrogens with one attached hydrogen (secondary N) is 1. The molecule has 96 valence electrons. The highest BCUT2D eigenvalue weighted by Crippen LogP contribution is 2.21. The van der Waals surface area contributed by atoms with E-state index in [1.807, 2.05) is 16.9 Å². The molecule has 1 aromatic carbocycles. The highest BCUT2D eigenvalue weighted by atomic mass is 79.9. The Labute approximate surface area is 124 Å². The average molecular weight is 373 g/mol. The molecule has 0 saturated carbocycles. The molecule has 3 nitrogen and oxygen atoms in total. The summed E-state index contributed by atoms with van der Waals surface area (Å²) in [5.41, 5.74) is 2.33. The van der Waals surface area contributed by atoms with Gasteiger partial charge in [-0.05, 0) is 52.7 Å². The zero-order chi connectivity index (χ0) is 13.0. The monoisotopic (exact) mass is 371 g/mol. The van der Waals surface area contributed by atoms with Crippen LogP contribution in [0, 0.1) is 0 Å². The van der Waals surface area contributed by atoms with Gasteiger partial charge in [-0.3, -0.25) is 0 Å². The van der Waals surface area contributed by atoms with Gasteiger partial charge in [0.1, 0.15) is 0 Å². The van der Waals surface area contributed by atoms with Crippen molar-refractivity contribution in [3.8, 4) is 5.69 Å². The molecule has 0 spiro atoms. The Kier molecular flexibility index (Phi) is 4.97. The van der Waals surface area contributed by atoms with Gasteiger partial charge in [-0.2, -0.15) is 5.10 Å². The van der Waals surface area contributed by atoms with Crippen LogP contribution in [0.15, 0.2) is 39.5 Å². The topological polar surface area (TPSA) is 29.9 Å². The van der Waals surface area contributed by atoms with E-state index in [0.29, 0.717) is 0 Å². The Morgan fingerprint density at radius 1 is 1.28 bits per heavy atom. The van der Waals surface area contributed by atoms with Crippen LogP contribution in [0.3, 0.4) is 0 Å². The molecule has 5 heteroatoms. The first kappa shape index (κ1) is 13.8. The molecular weight excluding hydrogens is 358 g/mol. The molecule has 18 heavy (non-hydrogen) atoms. The fraction of sp³-hybridized carbons (Fsp3) is 0.308. The molecule has 2 aromatic rings. The molecule has 0 bridgehead atoms. The number of benzene rings is 1. The van der Waals surface area contributed by atoms with Crippen molar-refractivity contribution in [2.45, 2.75) is 19.9 Å². The third kappa shape index (κ3) is 3.43. The Morgan fingerprint density at radius 3 is 2.78 bits per heavy atom. The minimum atomic E-state index is 0.847. The van der Waals surface area contributed by atoms with Crippen LogP contribution in [0.2, 0.25) is 0 Å². The number of hydrogen-bond donors (Lipinski definition) is 1. The van der Waals surface area contributed by atoms with Gasteiger partial charge >= 0.3 is 0 Å². The van der Waals surface area contributed by atoms with Crippen LogP contribution < -0.4 is 5.32 Å². The summed E-state index contributed by atoms with van der Waals surface area (Å²) < 4.78 is 3.96. The maximum Gasteiger partial charge on any atom is 0.0691 e. The van der Waals surface area contributed by atoms with Gasteiger partial charge in [-0.15, -0.1) is 0 Å². The van der Waals surface area contributed by atoms with E-state index in [0.717, 1.165) is 34.1 Å². The second-order valence-corrected chi connectivity index (χ2v) is 5.88. The first-order valence-electron chi connectivity index (χ1n) is 5.90. The van der Waals surface area contributed by atoms with Gasteiger partial charge in [0.05, 0.1) is 16.4 Å². The third-order valence-corrected chi connectivity index (χ3v) is 3.48. The van der Waals surface area contributed by atoms with E-state index in [1.54, 1.807) is 6.20 Å². The predicted molar refractivity (Wildman–Crippen MR) is 81.0 cm³/mol. The molecule has 0 unspecified atom stereocenters. The predicted octanol–water partition coefficient (Wildman–Crippen LogP) is 3.90. The Bertz CT molecular complexity index is 523. The summed E-state index contributed by atoms with van der Waals surface area (Å²) in [6.07, 6.45) is 4.90. The van der Waals surface area contributed by atoms with Crippen LogP contribution in [0.1, 0.15) is 18.9 Å². The molecule has 2 rings (SSSR count). The largest absolute Gasteiger partial charge is 0.313 e. The van der Waals surface area contributed by atoms with E-state index < -0.39 is 0 Å². The third-order valence-electron chi connectivity index (χ3n) is 2.58. The number of rotatable bonds is 5. The first-order valence-corrected chi connectivity index (χ1v) is 7.49. The van der Waals surface area contributed by atoms with E-state index in [9.17, 15) is 0 Å². The summed E-state index contributed by atoms with van der Waals surface area (Å²) >= 11 is 6.94. The molecule has 0 aliphatic carbocycles. The second kappa shape index (κ2) is 6.50. The molecule has 1 heterocycles. The molecule has 0 aliphatic heterocycles. The fourth-order valence-electron chi connectivity index (χ4n) is 1.75. The summed E-state index contributed by atoms with van der Waals surface area (Å²) in [5, 5.41) is 7.75. The lowest BCUT2D eigenvalue weighted by Crippen LogP contribution is -2.15. The van der Waals surface area contributed by atoms with Gasteiger partial charge in [0.15, 0.2) is 0 Å². The van der Waals surface area contributed by atoms with Crippen LogP contribution in [0.5, 0.6) is 0 Å². The molecule has 0 fully saturated rings. The standard InChI is InChI=1S/C13H15Br2N3/c1-2-5-16-7-10-6-11(14)3-4-13(10)18-9-12(15)8-17-18/h3-4,6,8-9,16H,2,5,7H2,1H3. The van der Waals surface area contributed by atoms with E-state index in [-0.39, 0.29) is 0 Å². The van der Waals surface area contributed by atoms with Crippen LogP contribution in [-0.2, 0) is 6.54 Å². The van der Waals surface area contributed by atoms with E-state index in [2.05, 4.69) is 61.3 Å². The van der Waals surface area contributed by atoms with Crippen molar-refractivity contribution >= 4 is 31.9 Å². The Balaban J connectivity index is 2.28. The first-order chi connectivity index (χ1) is 8.70. The number of hydrogen-bond acceptors (Lipinski definition) is 2. The second-order valence-electron chi connectivity index (χ2n) is 4.05. The van der Waals surface area contributed by atoms with Gasteiger partial charge in [-0.25, -0.2) is 4.68 Å². The summed E-state index contributed by atoms with van der Waals surface area (Å²) in [6.45, 7) is 4.04. The summed E-state index contributed by atoms with van der Waals surface area (Å²) in [4.78, 5) is 0. The number of aromatic nitrogens is 2. The van der Waals surface area contributed by atoms with Gasteiger partial charge in [0.2, 0.25) is 0 Å². The maximum absolute atomic E-state index is 4.33. The van der Waals surface area contributed by atoms with Crippen molar-refractivity contribution in [1.82, 2.24) is 15.1 Å². The van der Waals surface area contributed by atoms with Crippen molar-refractivity contribution in [3.63, 3.8) is 0 Å². The lowest BCUT2D eigenvalue weighted by molar-refractivity contribution is 0.670. The average Bonchev–Trinajstić information content (AvgIpc) is 2.76. The van der Waals surface area contributed by atoms with Crippen LogP contribution >= 0.6 is 31.9 Å². The van der Waals surface area contributed by atoms with E-state index in [1.165, 1.54) is 5.56 Å². The zero-order valence-electron chi connectivity index (χ0n) is 10.2. The van der Waals surface area contributed by atoms with Crippen molar-refractivity contribution in [2.24, 2.45) is 0 Å². The fourth-order valence-corrected chi connectivity index (χ4v) is 2.45. The van der Waals surface area contributed by atoms with Gasteiger partial charge in [0.25, 0.3) is 0 Å². The van der Waals surface area contributed by atoms with Crippen LogP contribution in [-0.4, -0.2) is 16.3 Å². The molecule has 0 radical (unpaired) electrons. The van der Waals surface area contributed by atoms with Crippen molar-refractivity contribution < 1.29 is 0 Å². The minimum Gasteiger partial charge on any atom is -0.313 e. The highest BCUT2D eigenvalue weighted by Gasteiger charge is 2.06. The van der Waals surface area contributed by atoms with Crippen molar-refractivity contribution in [1.29, 1.82) is 0 Å². The minimum absolute atomic E-state index is 0.847.